The Morgan fingerprint density at radius 1 is 1.20 bits per heavy atom. The first kappa shape index (κ1) is 12.7. The number of benzene rings is 1. The molecule has 2 heterocycles. The van der Waals surface area contributed by atoms with E-state index in [0.29, 0.717) is 5.82 Å². The molecule has 4 nitrogen and oxygen atoms in total. The molecule has 4 heteroatoms. The van der Waals surface area contributed by atoms with Gasteiger partial charge < -0.3 is 10.2 Å². The Hall–Kier alpha value is -2.36. The lowest BCUT2D eigenvalue weighted by molar-refractivity contribution is 0.626. The van der Waals surface area contributed by atoms with Gasteiger partial charge in [0.05, 0.1) is 0 Å². The molecule has 0 aliphatic rings. The maximum Gasteiger partial charge on any atom is 0.154 e. The molecular weight excluding hydrogens is 250 g/mol. The topological polar surface area (TPSA) is 64.9 Å². The van der Waals surface area contributed by atoms with Crippen molar-refractivity contribution in [2.24, 2.45) is 0 Å². The maximum absolute atomic E-state index is 5.97. The molecule has 2 N–H and O–H groups in total. The van der Waals surface area contributed by atoms with Gasteiger partial charge >= 0.3 is 0 Å². The average molecular weight is 267 g/mol. The van der Waals surface area contributed by atoms with Crippen molar-refractivity contribution in [1.29, 1.82) is 0 Å². The quantitative estimate of drug-likeness (QED) is 0.785. The third-order valence-electron chi connectivity index (χ3n) is 3.38. The highest BCUT2D eigenvalue weighted by Gasteiger charge is 2.14. The van der Waals surface area contributed by atoms with E-state index < -0.39 is 0 Å². The second kappa shape index (κ2) is 4.96. The van der Waals surface area contributed by atoms with Crippen LogP contribution in [0, 0.1) is 6.92 Å². The van der Waals surface area contributed by atoms with Gasteiger partial charge in [-0.05, 0) is 31.5 Å². The zero-order valence-electron chi connectivity index (χ0n) is 11.7. The van der Waals surface area contributed by atoms with Crippen LogP contribution in [0.25, 0.3) is 22.4 Å². The SMILES string of the molecule is CCCc1c(N)ncnc1-c1cc2cc(C)ccc2o1. The van der Waals surface area contributed by atoms with E-state index in [0.717, 1.165) is 40.8 Å². The molecule has 1 aromatic carbocycles. The Morgan fingerprint density at radius 3 is 2.85 bits per heavy atom. The van der Waals surface area contributed by atoms with Crippen molar-refractivity contribution in [3.05, 3.63) is 41.7 Å². The van der Waals surface area contributed by atoms with E-state index in [9.17, 15) is 0 Å². The number of furan rings is 1. The summed E-state index contributed by atoms with van der Waals surface area (Å²) in [5, 5.41) is 1.08. The first-order valence-corrected chi connectivity index (χ1v) is 6.79. The summed E-state index contributed by atoms with van der Waals surface area (Å²) in [6.07, 6.45) is 3.32. The highest BCUT2D eigenvalue weighted by molar-refractivity contribution is 5.83. The molecule has 0 amide bonds. The molecule has 0 atom stereocenters. The van der Waals surface area contributed by atoms with Gasteiger partial charge in [0, 0.05) is 10.9 Å². The van der Waals surface area contributed by atoms with E-state index in [2.05, 4.69) is 29.9 Å². The molecule has 0 radical (unpaired) electrons. The van der Waals surface area contributed by atoms with E-state index in [1.165, 1.54) is 11.9 Å². The van der Waals surface area contributed by atoms with Crippen molar-refractivity contribution in [2.45, 2.75) is 26.7 Å². The fraction of sp³-hybridized carbons (Fsp3) is 0.250. The van der Waals surface area contributed by atoms with Gasteiger partial charge in [0.2, 0.25) is 0 Å². The zero-order chi connectivity index (χ0) is 14.1. The van der Waals surface area contributed by atoms with Gasteiger partial charge in [0.15, 0.2) is 5.76 Å². The molecule has 0 aliphatic carbocycles. The highest BCUT2D eigenvalue weighted by atomic mass is 16.3. The Bertz CT molecular complexity index is 762. The van der Waals surface area contributed by atoms with E-state index in [1.54, 1.807) is 0 Å². The van der Waals surface area contributed by atoms with Crippen molar-refractivity contribution in [3.8, 4) is 11.5 Å². The Balaban J connectivity index is 2.17. The number of hydrogen-bond donors (Lipinski definition) is 1. The molecule has 3 aromatic rings. The molecule has 0 spiro atoms. The number of anilines is 1. The molecular formula is C16H17N3O. The molecule has 0 aliphatic heterocycles. The van der Waals surface area contributed by atoms with Gasteiger partial charge in [0.1, 0.15) is 23.4 Å². The van der Waals surface area contributed by atoms with Crippen LogP contribution in [0.3, 0.4) is 0 Å². The lowest BCUT2D eigenvalue weighted by atomic mass is 10.1. The average Bonchev–Trinajstić information content (AvgIpc) is 2.84. The van der Waals surface area contributed by atoms with Gasteiger partial charge in [0.25, 0.3) is 0 Å². The van der Waals surface area contributed by atoms with Gasteiger partial charge in [-0.1, -0.05) is 25.0 Å². The molecule has 0 fully saturated rings. The largest absolute Gasteiger partial charge is 0.454 e. The second-order valence-corrected chi connectivity index (χ2v) is 4.99. The first-order valence-electron chi connectivity index (χ1n) is 6.79. The minimum Gasteiger partial charge on any atom is -0.454 e. The number of fused-ring (bicyclic) bond motifs is 1. The number of nitrogen functional groups attached to an aromatic ring is 1. The van der Waals surface area contributed by atoms with Gasteiger partial charge in [-0.15, -0.1) is 0 Å². The minimum atomic E-state index is 0.536. The first-order chi connectivity index (χ1) is 9.69. The molecule has 0 bridgehead atoms. The lowest BCUT2D eigenvalue weighted by Gasteiger charge is -2.07. The van der Waals surface area contributed by atoms with E-state index >= 15 is 0 Å². The van der Waals surface area contributed by atoms with Crippen LogP contribution in [0.4, 0.5) is 5.82 Å². The summed E-state index contributed by atoms with van der Waals surface area (Å²) in [6, 6.07) is 8.14. The fourth-order valence-electron chi connectivity index (χ4n) is 2.41. The Labute approximate surface area is 117 Å². The van der Waals surface area contributed by atoms with Crippen molar-refractivity contribution < 1.29 is 4.42 Å². The lowest BCUT2D eigenvalue weighted by Crippen LogP contribution is -2.01. The molecule has 0 saturated carbocycles. The van der Waals surface area contributed by atoms with Crippen LogP contribution in [0.1, 0.15) is 24.5 Å². The number of rotatable bonds is 3. The van der Waals surface area contributed by atoms with E-state index in [1.807, 2.05) is 18.2 Å². The fourth-order valence-corrected chi connectivity index (χ4v) is 2.41. The molecule has 3 rings (SSSR count). The standard InChI is InChI=1S/C16H17N3O/c1-3-4-12-15(18-9-19-16(12)17)14-8-11-7-10(2)5-6-13(11)20-14/h5-9H,3-4H2,1-2H3,(H2,17,18,19). The third kappa shape index (κ3) is 2.13. The van der Waals surface area contributed by atoms with Crippen LogP contribution < -0.4 is 5.73 Å². The number of aryl methyl sites for hydroxylation is 1. The molecule has 2 aromatic heterocycles. The summed E-state index contributed by atoms with van der Waals surface area (Å²) >= 11 is 0. The van der Waals surface area contributed by atoms with Crippen LogP contribution in [0.15, 0.2) is 35.0 Å². The summed E-state index contributed by atoms with van der Waals surface area (Å²) in [4.78, 5) is 8.44. The predicted molar refractivity (Wildman–Crippen MR) is 80.4 cm³/mol. The molecule has 0 saturated heterocycles. The number of nitrogens with zero attached hydrogens (tertiary/aromatic N) is 2. The third-order valence-corrected chi connectivity index (χ3v) is 3.38. The minimum absolute atomic E-state index is 0.536. The van der Waals surface area contributed by atoms with Crippen molar-refractivity contribution in [1.82, 2.24) is 9.97 Å². The molecule has 0 unspecified atom stereocenters. The maximum atomic E-state index is 5.97. The summed E-state index contributed by atoms with van der Waals surface area (Å²) in [5.74, 6) is 1.29. The smallest absolute Gasteiger partial charge is 0.154 e. The predicted octanol–water partition coefficient (Wildman–Crippen LogP) is 3.73. The van der Waals surface area contributed by atoms with Crippen LogP contribution in [0.5, 0.6) is 0 Å². The van der Waals surface area contributed by atoms with Crippen LogP contribution in [-0.2, 0) is 6.42 Å². The highest BCUT2D eigenvalue weighted by Crippen LogP contribution is 2.31. The van der Waals surface area contributed by atoms with E-state index in [4.69, 9.17) is 10.2 Å². The van der Waals surface area contributed by atoms with Gasteiger partial charge in [-0.2, -0.15) is 0 Å². The Morgan fingerprint density at radius 2 is 2.05 bits per heavy atom. The molecule has 102 valence electrons. The van der Waals surface area contributed by atoms with Gasteiger partial charge in [-0.25, -0.2) is 9.97 Å². The summed E-state index contributed by atoms with van der Waals surface area (Å²) in [6.45, 7) is 4.18. The van der Waals surface area contributed by atoms with Gasteiger partial charge in [-0.3, -0.25) is 0 Å². The zero-order valence-corrected chi connectivity index (χ0v) is 11.7. The summed E-state index contributed by atoms with van der Waals surface area (Å²) in [7, 11) is 0. The Kier molecular flexibility index (Phi) is 3.14. The van der Waals surface area contributed by atoms with E-state index in [-0.39, 0.29) is 0 Å². The molecule has 20 heavy (non-hydrogen) atoms. The van der Waals surface area contributed by atoms with Crippen LogP contribution >= 0.6 is 0 Å². The van der Waals surface area contributed by atoms with Crippen molar-refractivity contribution in [3.63, 3.8) is 0 Å². The summed E-state index contributed by atoms with van der Waals surface area (Å²) < 4.78 is 5.91. The van der Waals surface area contributed by atoms with Crippen LogP contribution in [0.2, 0.25) is 0 Å². The monoisotopic (exact) mass is 267 g/mol. The summed E-state index contributed by atoms with van der Waals surface area (Å²) in [5.41, 5.74) is 9.81. The van der Waals surface area contributed by atoms with Crippen molar-refractivity contribution >= 4 is 16.8 Å². The number of aromatic nitrogens is 2. The van der Waals surface area contributed by atoms with Crippen molar-refractivity contribution in [2.75, 3.05) is 5.73 Å². The number of nitrogens with two attached hydrogens (primary N) is 1. The normalized spacial score (nSPS) is 11.1. The number of hydrogen-bond acceptors (Lipinski definition) is 4. The van der Waals surface area contributed by atoms with Crippen LogP contribution in [-0.4, -0.2) is 9.97 Å². The second-order valence-electron chi connectivity index (χ2n) is 4.99.